The summed E-state index contributed by atoms with van der Waals surface area (Å²) in [5.41, 5.74) is 3.07. The Morgan fingerprint density at radius 3 is 3.30 bits per heavy atom. The zero-order valence-electron chi connectivity index (χ0n) is 6.38. The summed E-state index contributed by atoms with van der Waals surface area (Å²) in [6.07, 6.45) is 10.6. The van der Waals surface area contributed by atoms with Crippen molar-refractivity contribution in [2.24, 2.45) is 0 Å². The third-order valence-electron chi connectivity index (χ3n) is 1.51. The highest BCUT2D eigenvalue weighted by molar-refractivity contribution is 5.02. The quantitative estimate of drug-likeness (QED) is 0.459. The number of rotatable bonds is 0. The molecule has 1 rings (SSSR count). The second-order valence-corrected chi connectivity index (χ2v) is 2.51. The molecule has 0 saturated heterocycles. The van der Waals surface area contributed by atoms with Crippen molar-refractivity contribution in [3.8, 4) is 0 Å². The first-order chi connectivity index (χ1) is 4.89. The molecule has 54 valence electrons. The van der Waals surface area contributed by atoms with Crippen LogP contribution < -0.4 is 0 Å². The number of hydrogen-bond acceptors (Lipinski definition) is 1. The molecule has 0 unspecified atom stereocenters. The minimum atomic E-state index is 1.13. The van der Waals surface area contributed by atoms with Gasteiger partial charge >= 0.3 is 0 Å². The zero-order valence-corrected chi connectivity index (χ0v) is 6.38. The SMILES string of the molecule is CN1C=C=C/C=C\CCC1. The predicted octanol–water partition coefficient (Wildman–Crippen LogP) is 1.94. The van der Waals surface area contributed by atoms with Gasteiger partial charge in [-0.25, -0.2) is 0 Å². The van der Waals surface area contributed by atoms with Gasteiger partial charge in [0.05, 0.1) is 0 Å². The summed E-state index contributed by atoms with van der Waals surface area (Å²) in [6, 6.07) is 0. The van der Waals surface area contributed by atoms with E-state index in [-0.39, 0.29) is 0 Å². The van der Waals surface area contributed by atoms with Gasteiger partial charge in [-0.15, -0.1) is 5.73 Å². The van der Waals surface area contributed by atoms with E-state index in [0.717, 1.165) is 6.54 Å². The lowest BCUT2D eigenvalue weighted by Crippen LogP contribution is -2.10. The number of allylic oxidation sites excluding steroid dienone is 3. The van der Waals surface area contributed by atoms with Gasteiger partial charge in [-0.05, 0) is 18.9 Å². The van der Waals surface area contributed by atoms with Gasteiger partial charge in [0.25, 0.3) is 0 Å². The Morgan fingerprint density at radius 1 is 1.50 bits per heavy atom. The maximum absolute atomic E-state index is 3.07. The van der Waals surface area contributed by atoms with Crippen molar-refractivity contribution >= 4 is 0 Å². The van der Waals surface area contributed by atoms with Crippen LogP contribution in [0.5, 0.6) is 0 Å². The summed E-state index contributed by atoms with van der Waals surface area (Å²) in [6.45, 7) is 1.13. The van der Waals surface area contributed by atoms with Crippen LogP contribution in [0.1, 0.15) is 12.8 Å². The molecule has 0 N–H and O–H groups in total. The molecule has 1 nitrogen and oxygen atoms in total. The lowest BCUT2D eigenvalue weighted by atomic mass is 10.3. The molecule has 1 aliphatic heterocycles. The van der Waals surface area contributed by atoms with E-state index in [2.05, 4.69) is 29.8 Å². The van der Waals surface area contributed by atoms with E-state index in [1.165, 1.54) is 12.8 Å². The molecule has 1 aliphatic rings. The lowest BCUT2D eigenvalue weighted by molar-refractivity contribution is 0.447. The second-order valence-electron chi connectivity index (χ2n) is 2.51. The first-order valence-electron chi connectivity index (χ1n) is 3.67. The molecule has 1 heteroatoms. The Labute approximate surface area is 62.3 Å². The van der Waals surface area contributed by atoms with Crippen LogP contribution in [0.4, 0.5) is 0 Å². The van der Waals surface area contributed by atoms with E-state index in [9.17, 15) is 0 Å². The summed E-state index contributed by atoms with van der Waals surface area (Å²) in [4.78, 5) is 2.16. The average Bonchev–Trinajstić information content (AvgIpc) is 2.02. The van der Waals surface area contributed by atoms with Gasteiger partial charge in [0, 0.05) is 19.8 Å². The molecule has 0 atom stereocenters. The lowest BCUT2D eigenvalue weighted by Gasteiger charge is -2.10. The van der Waals surface area contributed by atoms with Crippen molar-refractivity contribution in [1.29, 1.82) is 0 Å². The molecule has 0 aromatic heterocycles. The Morgan fingerprint density at radius 2 is 2.40 bits per heavy atom. The normalized spacial score (nSPS) is 21.5. The molecule has 0 radical (unpaired) electrons. The molecule has 0 aromatic rings. The molecular weight excluding hydrogens is 122 g/mol. The largest absolute Gasteiger partial charge is 0.374 e. The van der Waals surface area contributed by atoms with Gasteiger partial charge in [-0.2, -0.15) is 0 Å². The van der Waals surface area contributed by atoms with Gasteiger partial charge in [-0.1, -0.05) is 12.2 Å². The summed E-state index contributed by atoms with van der Waals surface area (Å²) in [5, 5.41) is 0. The molecule has 0 saturated carbocycles. The first-order valence-corrected chi connectivity index (χ1v) is 3.67. The van der Waals surface area contributed by atoms with Crippen molar-refractivity contribution in [2.45, 2.75) is 12.8 Å². The molecule has 0 bridgehead atoms. The molecule has 0 spiro atoms. The maximum Gasteiger partial charge on any atom is 0.0421 e. The zero-order chi connectivity index (χ0) is 7.23. The van der Waals surface area contributed by atoms with Gasteiger partial charge in [0.2, 0.25) is 0 Å². The van der Waals surface area contributed by atoms with E-state index < -0.39 is 0 Å². The predicted molar refractivity (Wildman–Crippen MR) is 43.7 cm³/mol. The van der Waals surface area contributed by atoms with E-state index >= 15 is 0 Å². The minimum absolute atomic E-state index is 1.13. The van der Waals surface area contributed by atoms with Crippen LogP contribution in [0.3, 0.4) is 0 Å². The van der Waals surface area contributed by atoms with E-state index in [4.69, 9.17) is 0 Å². The Bertz CT molecular complexity index is 173. The van der Waals surface area contributed by atoms with Crippen LogP contribution in [0, 0.1) is 0 Å². The fraction of sp³-hybridized carbons (Fsp3) is 0.444. The standard InChI is InChI=1S/C9H13N/c1-10-8-6-4-2-3-5-7-9-10/h2-4,8H,5,7,9H2,1H3/b3-2-. The average molecular weight is 135 g/mol. The van der Waals surface area contributed by atoms with Gasteiger partial charge in [-0.3, -0.25) is 0 Å². The summed E-state index contributed by atoms with van der Waals surface area (Å²) in [7, 11) is 2.08. The molecule has 1 heterocycles. The topological polar surface area (TPSA) is 3.24 Å². The molecular formula is C9H13N. The van der Waals surface area contributed by atoms with Crippen LogP contribution >= 0.6 is 0 Å². The third kappa shape index (κ3) is 2.56. The third-order valence-corrected chi connectivity index (χ3v) is 1.51. The highest BCUT2D eigenvalue weighted by Crippen LogP contribution is 1.96. The van der Waals surface area contributed by atoms with Crippen molar-refractivity contribution < 1.29 is 0 Å². The molecule has 0 aromatic carbocycles. The summed E-state index contributed by atoms with van der Waals surface area (Å²) < 4.78 is 0. The fourth-order valence-electron chi connectivity index (χ4n) is 0.913. The summed E-state index contributed by atoms with van der Waals surface area (Å²) >= 11 is 0. The van der Waals surface area contributed by atoms with Gasteiger partial charge < -0.3 is 4.90 Å². The van der Waals surface area contributed by atoms with Gasteiger partial charge in [0.1, 0.15) is 0 Å². The van der Waals surface area contributed by atoms with E-state index in [1.807, 2.05) is 12.3 Å². The van der Waals surface area contributed by atoms with Crippen LogP contribution in [0.15, 0.2) is 30.2 Å². The van der Waals surface area contributed by atoms with E-state index in [0.29, 0.717) is 0 Å². The van der Waals surface area contributed by atoms with E-state index in [1.54, 1.807) is 0 Å². The monoisotopic (exact) mass is 135 g/mol. The van der Waals surface area contributed by atoms with Crippen LogP contribution in [0.25, 0.3) is 0 Å². The van der Waals surface area contributed by atoms with Crippen molar-refractivity contribution in [2.75, 3.05) is 13.6 Å². The molecule has 10 heavy (non-hydrogen) atoms. The van der Waals surface area contributed by atoms with Crippen LogP contribution in [0.2, 0.25) is 0 Å². The Kier molecular flexibility index (Phi) is 2.85. The first kappa shape index (κ1) is 7.17. The Hall–Kier alpha value is -0.940. The molecule has 0 aliphatic carbocycles. The van der Waals surface area contributed by atoms with Crippen molar-refractivity contribution in [3.05, 3.63) is 30.2 Å². The van der Waals surface area contributed by atoms with Crippen molar-refractivity contribution in [3.63, 3.8) is 0 Å². The number of hydrogen-bond donors (Lipinski definition) is 0. The van der Waals surface area contributed by atoms with Crippen LogP contribution in [-0.2, 0) is 0 Å². The highest BCUT2D eigenvalue weighted by Gasteiger charge is 1.89. The smallest absolute Gasteiger partial charge is 0.0421 e. The number of nitrogens with zero attached hydrogens (tertiary/aromatic N) is 1. The van der Waals surface area contributed by atoms with Crippen LogP contribution in [-0.4, -0.2) is 18.5 Å². The van der Waals surface area contributed by atoms with Crippen molar-refractivity contribution in [1.82, 2.24) is 4.90 Å². The fourth-order valence-corrected chi connectivity index (χ4v) is 0.913. The minimum Gasteiger partial charge on any atom is -0.374 e. The highest BCUT2D eigenvalue weighted by atomic mass is 15.1. The maximum atomic E-state index is 3.07. The second kappa shape index (κ2) is 3.97. The molecule has 0 amide bonds. The molecule has 0 fully saturated rings. The Balaban J connectivity index is 2.57. The van der Waals surface area contributed by atoms with Gasteiger partial charge in [0.15, 0.2) is 0 Å². The summed E-state index contributed by atoms with van der Waals surface area (Å²) in [5.74, 6) is 0.